The van der Waals surface area contributed by atoms with Crippen molar-refractivity contribution in [2.24, 2.45) is 0 Å². The molecule has 0 aliphatic carbocycles. The lowest BCUT2D eigenvalue weighted by molar-refractivity contribution is -0.137. The van der Waals surface area contributed by atoms with Gasteiger partial charge in [0, 0.05) is 10.6 Å². The number of benzene rings is 1. The van der Waals surface area contributed by atoms with Gasteiger partial charge in [0.1, 0.15) is 5.75 Å². The van der Waals surface area contributed by atoms with Crippen LogP contribution in [0.4, 0.5) is 0 Å². The van der Waals surface area contributed by atoms with Gasteiger partial charge in [0.05, 0.1) is 13.7 Å². The topological polar surface area (TPSA) is 52.6 Å². The number of hydrogen-bond acceptors (Lipinski definition) is 4. The van der Waals surface area contributed by atoms with Gasteiger partial charge in [-0.15, -0.1) is 0 Å². The van der Waals surface area contributed by atoms with Crippen LogP contribution in [0.15, 0.2) is 18.2 Å². The first-order valence-corrected chi connectivity index (χ1v) is 5.02. The van der Waals surface area contributed by atoms with E-state index >= 15 is 0 Å². The number of halogens is 1. The molecule has 5 heteroatoms. The molecule has 4 nitrogen and oxygen atoms in total. The molecular weight excluding hydrogens is 232 g/mol. The molecule has 0 saturated heterocycles. The molecule has 0 heterocycles. The second-order valence-electron chi connectivity index (χ2n) is 2.93. The molecule has 1 aromatic rings. The van der Waals surface area contributed by atoms with Crippen molar-refractivity contribution in [1.82, 2.24) is 0 Å². The van der Waals surface area contributed by atoms with Crippen LogP contribution in [0.5, 0.6) is 5.75 Å². The molecular formula is C11H11ClO4. The van der Waals surface area contributed by atoms with Gasteiger partial charge in [-0.1, -0.05) is 11.6 Å². The number of ether oxygens (including phenoxy) is 2. The maximum atomic E-state index is 11.6. The van der Waals surface area contributed by atoms with E-state index < -0.39 is 11.8 Å². The molecule has 0 fully saturated rings. The van der Waals surface area contributed by atoms with Crippen molar-refractivity contribution in [3.8, 4) is 5.75 Å². The Labute approximate surface area is 98.1 Å². The van der Waals surface area contributed by atoms with Crippen molar-refractivity contribution in [1.29, 1.82) is 0 Å². The van der Waals surface area contributed by atoms with Crippen LogP contribution in [0, 0.1) is 0 Å². The number of ketones is 1. The number of carbonyl (C=O) groups is 2. The zero-order valence-corrected chi connectivity index (χ0v) is 9.71. The van der Waals surface area contributed by atoms with Gasteiger partial charge in [0.15, 0.2) is 0 Å². The second kappa shape index (κ2) is 5.51. The molecule has 0 atom stereocenters. The summed E-state index contributed by atoms with van der Waals surface area (Å²) < 4.78 is 9.54. The monoisotopic (exact) mass is 242 g/mol. The second-order valence-corrected chi connectivity index (χ2v) is 3.37. The van der Waals surface area contributed by atoms with Crippen LogP contribution in [0.3, 0.4) is 0 Å². The Morgan fingerprint density at radius 1 is 1.31 bits per heavy atom. The van der Waals surface area contributed by atoms with Gasteiger partial charge < -0.3 is 9.47 Å². The third-order valence-electron chi connectivity index (χ3n) is 1.83. The molecule has 0 aliphatic heterocycles. The minimum absolute atomic E-state index is 0.155. The summed E-state index contributed by atoms with van der Waals surface area (Å²) in [6, 6.07) is 4.37. The molecule has 86 valence electrons. The highest BCUT2D eigenvalue weighted by Crippen LogP contribution is 2.21. The fourth-order valence-corrected chi connectivity index (χ4v) is 1.35. The fourth-order valence-electron chi connectivity index (χ4n) is 1.13. The molecule has 1 aromatic carbocycles. The summed E-state index contributed by atoms with van der Waals surface area (Å²) in [4.78, 5) is 22.8. The number of rotatable bonds is 4. The highest BCUT2D eigenvalue weighted by Gasteiger charge is 2.18. The summed E-state index contributed by atoms with van der Waals surface area (Å²) in [5.41, 5.74) is 0.155. The molecule has 0 bridgehead atoms. The van der Waals surface area contributed by atoms with Gasteiger partial charge >= 0.3 is 5.97 Å². The lowest BCUT2D eigenvalue weighted by atomic mass is 10.1. The maximum absolute atomic E-state index is 11.6. The summed E-state index contributed by atoms with van der Waals surface area (Å²) in [5, 5.41) is 0.326. The Bertz CT molecular complexity index is 414. The van der Waals surface area contributed by atoms with Crippen molar-refractivity contribution >= 4 is 23.4 Å². The van der Waals surface area contributed by atoms with E-state index in [-0.39, 0.29) is 12.2 Å². The van der Waals surface area contributed by atoms with Crippen LogP contribution < -0.4 is 4.74 Å². The lowest BCUT2D eigenvalue weighted by Crippen LogP contribution is -2.17. The number of esters is 1. The first-order chi connectivity index (χ1) is 7.58. The average Bonchev–Trinajstić information content (AvgIpc) is 2.27. The standard InChI is InChI=1S/C11H11ClO4/c1-3-16-11(14)10(13)7-4-8(12)6-9(5-7)15-2/h4-6H,3H2,1-2H3. The van der Waals surface area contributed by atoms with Gasteiger partial charge in [-0.2, -0.15) is 0 Å². The minimum Gasteiger partial charge on any atom is -0.497 e. The van der Waals surface area contributed by atoms with Crippen molar-refractivity contribution < 1.29 is 19.1 Å². The summed E-state index contributed by atoms with van der Waals surface area (Å²) >= 11 is 5.77. The number of carbonyl (C=O) groups excluding carboxylic acids is 2. The van der Waals surface area contributed by atoms with E-state index in [1.165, 1.54) is 19.2 Å². The van der Waals surface area contributed by atoms with Crippen molar-refractivity contribution in [3.63, 3.8) is 0 Å². The summed E-state index contributed by atoms with van der Waals surface area (Å²) in [5.74, 6) is -1.21. The van der Waals surface area contributed by atoms with Gasteiger partial charge in [0.25, 0.3) is 5.78 Å². The number of Topliss-reactive ketones (excluding diaryl/α,β-unsaturated/α-hetero) is 1. The Balaban J connectivity index is 2.99. The van der Waals surface area contributed by atoms with E-state index in [4.69, 9.17) is 16.3 Å². The van der Waals surface area contributed by atoms with Crippen LogP contribution in [-0.4, -0.2) is 25.5 Å². The van der Waals surface area contributed by atoms with Crippen LogP contribution in [0.2, 0.25) is 5.02 Å². The average molecular weight is 243 g/mol. The normalized spacial score (nSPS) is 9.69. The van der Waals surface area contributed by atoms with E-state index in [2.05, 4.69) is 4.74 Å². The van der Waals surface area contributed by atoms with Gasteiger partial charge in [0.2, 0.25) is 0 Å². The zero-order valence-electron chi connectivity index (χ0n) is 8.95. The molecule has 0 unspecified atom stereocenters. The van der Waals surface area contributed by atoms with E-state index in [1.807, 2.05) is 0 Å². The molecule has 1 rings (SSSR count). The van der Waals surface area contributed by atoms with Crippen LogP contribution in [0.1, 0.15) is 17.3 Å². The van der Waals surface area contributed by atoms with Crippen LogP contribution >= 0.6 is 11.6 Å². The van der Waals surface area contributed by atoms with Gasteiger partial charge in [-0.25, -0.2) is 4.79 Å². The molecule has 0 aliphatic rings. The first kappa shape index (κ1) is 12.5. The Kier molecular flexibility index (Phi) is 4.31. The van der Waals surface area contributed by atoms with E-state index in [9.17, 15) is 9.59 Å². The van der Waals surface area contributed by atoms with Gasteiger partial charge in [-0.3, -0.25) is 4.79 Å². The van der Waals surface area contributed by atoms with Crippen molar-refractivity contribution in [3.05, 3.63) is 28.8 Å². The Morgan fingerprint density at radius 2 is 2.00 bits per heavy atom. The van der Waals surface area contributed by atoms with Crippen molar-refractivity contribution in [2.75, 3.05) is 13.7 Å². The quantitative estimate of drug-likeness (QED) is 0.461. The largest absolute Gasteiger partial charge is 0.497 e. The third-order valence-corrected chi connectivity index (χ3v) is 2.05. The molecule has 0 saturated carbocycles. The summed E-state index contributed by atoms with van der Waals surface area (Å²) in [6.45, 7) is 1.78. The van der Waals surface area contributed by atoms with Crippen molar-refractivity contribution in [2.45, 2.75) is 6.92 Å². The zero-order chi connectivity index (χ0) is 12.1. The highest BCUT2D eigenvalue weighted by molar-refractivity contribution is 6.41. The molecule has 0 aromatic heterocycles. The van der Waals surface area contributed by atoms with E-state index in [0.717, 1.165) is 0 Å². The predicted molar refractivity (Wildman–Crippen MR) is 59.0 cm³/mol. The Hall–Kier alpha value is -1.55. The maximum Gasteiger partial charge on any atom is 0.379 e. The molecule has 0 N–H and O–H groups in total. The predicted octanol–water partition coefficient (Wildman–Crippen LogP) is 2.09. The van der Waals surface area contributed by atoms with E-state index in [1.54, 1.807) is 13.0 Å². The highest BCUT2D eigenvalue weighted by atomic mass is 35.5. The fraction of sp³-hybridized carbons (Fsp3) is 0.273. The Morgan fingerprint density at radius 3 is 2.56 bits per heavy atom. The smallest absolute Gasteiger partial charge is 0.379 e. The SMILES string of the molecule is CCOC(=O)C(=O)c1cc(Cl)cc(OC)c1. The minimum atomic E-state index is -0.896. The first-order valence-electron chi connectivity index (χ1n) is 4.64. The molecule has 0 amide bonds. The molecule has 0 spiro atoms. The third kappa shape index (κ3) is 2.97. The van der Waals surface area contributed by atoms with Crippen LogP contribution in [0.25, 0.3) is 0 Å². The number of hydrogen-bond donors (Lipinski definition) is 0. The lowest BCUT2D eigenvalue weighted by Gasteiger charge is -2.04. The molecule has 16 heavy (non-hydrogen) atoms. The summed E-state index contributed by atoms with van der Waals surface area (Å²) in [7, 11) is 1.45. The molecule has 0 radical (unpaired) electrons. The number of methoxy groups -OCH3 is 1. The van der Waals surface area contributed by atoms with E-state index in [0.29, 0.717) is 10.8 Å². The van der Waals surface area contributed by atoms with Gasteiger partial charge in [-0.05, 0) is 25.1 Å². The van der Waals surface area contributed by atoms with Crippen LogP contribution in [-0.2, 0) is 9.53 Å². The summed E-state index contributed by atoms with van der Waals surface area (Å²) in [6.07, 6.45) is 0.